The number of halogens is 1. The highest BCUT2D eigenvalue weighted by Gasteiger charge is 2.28. The Hall–Kier alpha value is 0.160. The van der Waals surface area contributed by atoms with Gasteiger partial charge in [-0.15, -0.1) is 12.4 Å². The van der Waals surface area contributed by atoms with Crippen LogP contribution in [0.25, 0.3) is 0 Å². The van der Waals surface area contributed by atoms with Crippen LogP contribution >= 0.6 is 12.4 Å². The van der Waals surface area contributed by atoms with Gasteiger partial charge in [-0.2, -0.15) is 0 Å². The fourth-order valence-electron chi connectivity index (χ4n) is 0.950. The Morgan fingerprint density at radius 1 is 1.43 bits per heavy atom. The number of rotatable bonds is 5. The van der Waals surface area contributed by atoms with E-state index in [2.05, 4.69) is 4.72 Å². The molecule has 0 saturated heterocycles. The van der Waals surface area contributed by atoms with E-state index in [0.717, 1.165) is 12.8 Å². The molecule has 0 radical (unpaired) electrons. The first kappa shape index (κ1) is 14.2. The van der Waals surface area contributed by atoms with E-state index in [1.165, 1.54) is 0 Å². The minimum Gasteiger partial charge on any atom is -0.324 e. The van der Waals surface area contributed by atoms with E-state index >= 15 is 0 Å². The molecular formula is C8H19ClN2O2S. The van der Waals surface area contributed by atoms with Gasteiger partial charge in [-0.3, -0.25) is 0 Å². The van der Waals surface area contributed by atoms with Gasteiger partial charge in [0.25, 0.3) is 0 Å². The van der Waals surface area contributed by atoms with Crippen LogP contribution in [0.15, 0.2) is 0 Å². The molecule has 0 spiro atoms. The number of sulfonamides is 1. The van der Waals surface area contributed by atoms with Crippen molar-refractivity contribution in [1.82, 2.24) is 4.72 Å². The van der Waals surface area contributed by atoms with Gasteiger partial charge in [-0.1, -0.05) is 0 Å². The highest BCUT2D eigenvalue weighted by atomic mass is 35.5. The lowest BCUT2D eigenvalue weighted by Crippen LogP contribution is -2.45. The van der Waals surface area contributed by atoms with Gasteiger partial charge in [0.2, 0.25) is 10.0 Å². The largest absolute Gasteiger partial charge is 0.324 e. The molecule has 0 aromatic carbocycles. The van der Waals surface area contributed by atoms with Gasteiger partial charge < -0.3 is 5.73 Å². The predicted molar refractivity (Wildman–Crippen MR) is 60.0 cm³/mol. The summed E-state index contributed by atoms with van der Waals surface area (Å²) < 4.78 is 25.2. The quantitative estimate of drug-likeness (QED) is 0.737. The second kappa shape index (κ2) is 4.79. The van der Waals surface area contributed by atoms with Crippen molar-refractivity contribution in [1.29, 1.82) is 0 Å². The first-order chi connectivity index (χ1) is 5.79. The van der Waals surface area contributed by atoms with Crippen LogP contribution in [0.4, 0.5) is 0 Å². The normalized spacial score (nSPS) is 17.6. The van der Waals surface area contributed by atoms with Crippen LogP contribution in [-0.4, -0.2) is 26.3 Å². The number of hydrogen-bond donors (Lipinski definition) is 2. The lowest BCUT2D eigenvalue weighted by molar-refractivity contribution is 0.497. The first-order valence-corrected chi connectivity index (χ1v) is 6.20. The third-order valence-electron chi connectivity index (χ3n) is 1.90. The molecule has 1 fully saturated rings. The highest BCUT2D eigenvalue weighted by molar-refractivity contribution is 7.89. The van der Waals surface area contributed by atoms with Crippen molar-refractivity contribution >= 4 is 22.4 Å². The van der Waals surface area contributed by atoms with Gasteiger partial charge in [0, 0.05) is 12.1 Å². The molecule has 4 nitrogen and oxygen atoms in total. The molecule has 0 aromatic rings. The van der Waals surface area contributed by atoms with Crippen LogP contribution in [-0.2, 0) is 10.0 Å². The number of nitrogens with one attached hydrogen (secondary N) is 1. The Labute approximate surface area is 92.1 Å². The molecule has 0 unspecified atom stereocenters. The second-order valence-electron chi connectivity index (χ2n) is 4.53. The van der Waals surface area contributed by atoms with Gasteiger partial charge in [-0.25, -0.2) is 13.1 Å². The Morgan fingerprint density at radius 2 is 1.93 bits per heavy atom. The van der Waals surface area contributed by atoms with Crippen LogP contribution in [0.5, 0.6) is 0 Å². The van der Waals surface area contributed by atoms with E-state index in [1.54, 1.807) is 13.8 Å². The van der Waals surface area contributed by atoms with Crippen molar-refractivity contribution in [2.24, 2.45) is 11.7 Å². The monoisotopic (exact) mass is 242 g/mol. The summed E-state index contributed by atoms with van der Waals surface area (Å²) in [4.78, 5) is 0. The van der Waals surface area contributed by atoms with Crippen LogP contribution < -0.4 is 10.5 Å². The molecule has 14 heavy (non-hydrogen) atoms. The molecule has 0 bridgehead atoms. The van der Waals surface area contributed by atoms with E-state index in [0.29, 0.717) is 12.5 Å². The van der Waals surface area contributed by atoms with Gasteiger partial charge in [0.1, 0.15) is 0 Å². The number of nitrogens with two attached hydrogens (primary N) is 1. The van der Waals surface area contributed by atoms with Crippen LogP contribution in [0.2, 0.25) is 0 Å². The highest BCUT2D eigenvalue weighted by Crippen LogP contribution is 2.29. The van der Waals surface area contributed by atoms with Crippen LogP contribution in [0, 0.1) is 5.92 Å². The fraction of sp³-hybridized carbons (Fsp3) is 1.00. The van der Waals surface area contributed by atoms with Crippen molar-refractivity contribution in [2.45, 2.75) is 32.2 Å². The lowest BCUT2D eigenvalue weighted by atomic mass is 10.1. The molecule has 0 atom stereocenters. The molecule has 1 saturated carbocycles. The van der Waals surface area contributed by atoms with Gasteiger partial charge >= 0.3 is 0 Å². The summed E-state index contributed by atoms with van der Waals surface area (Å²) in [6, 6.07) is 0. The second-order valence-corrected chi connectivity index (χ2v) is 6.39. The Bertz CT molecular complexity index is 268. The molecule has 3 N–H and O–H groups in total. The fourth-order valence-corrected chi connectivity index (χ4v) is 2.61. The molecule has 1 rings (SSSR count). The molecule has 6 heteroatoms. The summed E-state index contributed by atoms with van der Waals surface area (Å²) in [5.74, 6) is 0.654. The minimum atomic E-state index is -3.08. The van der Waals surface area contributed by atoms with Gasteiger partial charge in [0.15, 0.2) is 0 Å². The Kier molecular flexibility index (Phi) is 4.84. The summed E-state index contributed by atoms with van der Waals surface area (Å²) in [7, 11) is -3.08. The average molecular weight is 243 g/mol. The summed E-state index contributed by atoms with van der Waals surface area (Å²) in [5.41, 5.74) is 5.19. The number of hydrogen-bond acceptors (Lipinski definition) is 3. The molecule has 1 aliphatic rings. The molecule has 0 amide bonds. The maximum Gasteiger partial charge on any atom is 0.211 e. The van der Waals surface area contributed by atoms with Crippen molar-refractivity contribution in [3.63, 3.8) is 0 Å². The molecule has 0 heterocycles. The lowest BCUT2D eigenvalue weighted by Gasteiger charge is -2.18. The van der Waals surface area contributed by atoms with E-state index in [1.807, 2.05) is 0 Å². The van der Waals surface area contributed by atoms with Crippen molar-refractivity contribution in [2.75, 3.05) is 12.3 Å². The molecular weight excluding hydrogens is 224 g/mol. The third kappa shape index (κ3) is 6.59. The van der Waals surface area contributed by atoms with E-state index in [4.69, 9.17) is 5.73 Å². The summed E-state index contributed by atoms with van der Waals surface area (Å²) in [5, 5.41) is 0. The zero-order chi connectivity index (χ0) is 10.1. The van der Waals surface area contributed by atoms with E-state index in [-0.39, 0.29) is 18.2 Å². The minimum absolute atomic E-state index is 0. The summed E-state index contributed by atoms with van der Waals surface area (Å²) >= 11 is 0. The van der Waals surface area contributed by atoms with Crippen LogP contribution in [0.3, 0.4) is 0 Å². The zero-order valence-corrected chi connectivity index (χ0v) is 10.2. The first-order valence-electron chi connectivity index (χ1n) is 4.55. The molecule has 0 aliphatic heterocycles. The van der Waals surface area contributed by atoms with Gasteiger partial charge in [0.05, 0.1) is 5.75 Å². The van der Waals surface area contributed by atoms with E-state index < -0.39 is 15.6 Å². The van der Waals surface area contributed by atoms with Crippen LogP contribution in [0.1, 0.15) is 26.7 Å². The third-order valence-corrected chi connectivity index (χ3v) is 3.39. The van der Waals surface area contributed by atoms with Gasteiger partial charge in [-0.05, 0) is 32.6 Å². The molecule has 86 valence electrons. The van der Waals surface area contributed by atoms with Crippen molar-refractivity contribution in [3.05, 3.63) is 0 Å². The average Bonchev–Trinajstić information content (AvgIpc) is 2.66. The van der Waals surface area contributed by atoms with Crippen molar-refractivity contribution < 1.29 is 8.42 Å². The maximum absolute atomic E-state index is 11.4. The standard InChI is InChI=1S/C8H18N2O2S.ClH/c1-8(2,9)6-10-13(11,12)5-7-3-4-7;/h7,10H,3-6,9H2,1-2H3;1H. The Balaban J connectivity index is 0.00000169. The zero-order valence-electron chi connectivity index (χ0n) is 8.62. The topological polar surface area (TPSA) is 72.2 Å². The Morgan fingerprint density at radius 3 is 2.29 bits per heavy atom. The smallest absolute Gasteiger partial charge is 0.211 e. The summed E-state index contributed by atoms with van der Waals surface area (Å²) in [6.07, 6.45) is 2.10. The SMILES string of the molecule is CC(C)(N)CNS(=O)(=O)CC1CC1.Cl. The summed E-state index contributed by atoms with van der Waals surface area (Å²) in [6.45, 7) is 3.90. The molecule has 0 aromatic heterocycles. The van der Waals surface area contributed by atoms with E-state index in [9.17, 15) is 8.42 Å². The predicted octanol–water partition coefficient (Wildman–Crippen LogP) is 0.475. The maximum atomic E-state index is 11.4. The molecule has 1 aliphatic carbocycles. The van der Waals surface area contributed by atoms with Crippen molar-refractivity contribution in [3.8, 4) is 0 Å².